The zero-order valence-electron chi connectivity index (χ0n) is 26.6. The lowest BCUT2D eigenvalue weighted by atomic mass is 9.94. The van der Waals surface area contributed by atoms with Crippen LogP contribution in [0.5, 0.6) is 17.2 Å². The number of unbranched alkanes of at least 4 members (excludes halogenated alkanes) is 2. The third-order valence-electron chi connectivity index (χ3n) is 8.01. The van der Waals surface area contributed by atoms with Crippen LogP contribution in [0.15, 0.2) is 76.6 Å². The molecule has 1 saturated heterocycles. The standard InChI is InChI=1S/C36H37N3O6S2/c1-4-6-10-17-44-28-16-13-24(20-29(28)43-5-2)31-30(32(40)25-14-15-27-26(19-25)18-22(3)45-27)33(41)34(42)39(31)35-37-38-36(47-35)46-21-23-11-8-7-9-12-23/h7-9,11-16,19-20,22,31,40H,4-6,10,17-18,21H2,1-3H3/b32-30+/t22-,31+/m1/s1. The van der Waals surface area contributed by atoms with E-state index in [1.165, 1.54) is 28.0 Å². The van der Waals surface area contributed by atoms with E-state index < -0.39 is 17.7 Å². The molecule has 0 aliphatic carbocycles. The highest BCUT2D eigenvalue weighted by Gasteiger charge is 2.48. The maximum Gasteiger partial charge on any atom is 0.301 e. The van der Waals surface area contributed by atoms with Crippen LogP contribution >= 0.6 is 23.1 Å². The molecule has 1 aromatic heterocycles. The molecule has 2 atom stereocenters. The molecule has 47 heavy (non-hydrogen) atoms. The van der Waals surface area contributed by atoms with Crippen LogP contribution in [0.3, 0.4) is 0 Å². The Morgan fingerprint density at radius 3 is 2.64 bits per heavy atom. The molecule has 1 fully saturated rings. The van der Waals surface area contributed by atoms with Gasteiger partial charge in [-0.05, 0) is 67.3 Å². The Bertz CT molecular complexity index is 1790. The number of carbonyl (C=O) groups excluding carboxylic acids is 2. The van der Waals surface area contributed by atoms with Gasteiger partial charge in [0, 0.05) is 17.7 Å². The molecule has 3 aromatic carbocycles. The van der Waals surface area contributed by atoms with Crippen LogP contribution in [-0.2, 0) is 21.8 Å². The fraction of sp³-hybridized carbons (Fsp3) is 0.333. The molecule has 4 aromatic rings. The third kappa shape index (κ3) is 7.01. The van der Waals surface area contributed by atoms with Crippen molar-refractivity contribution in [1.29, 1.82) is 0 Å². The van der Waals surface area contributed by atoms with Gasteiger partial charge >= 0.3 is 5.91 Å². The average Bonchev–Trinajstić information content (AvgIpc) is 3.77. The van der Waals surface area contributed by atoms with Gasteiger partial charge < -0.3 is 19.3 Å². The molecule has 6 rings (SSSR count). The number of anilines is 1. The second-order valence-electron chi connectivity index (χ2n) is 11.4. The van der Waals surface area contributed by atoms with Crippen molar-refractivity contribution in [2.75, 3.05) is 18.1 Å². The topological polar surface area (TPSA) is 111 Å². The first-order valence-corrected chi connectivity index (χ1v) is 17.7. The van der Waals surface area contributed by atoms with E-state index in [2.05, 4.69) is 17.1 Å². The zero-order chi connectivity index (χ0) is 32.9. The van der Waals surface area contributed by atoms with Crippen LogP contribution in [-0.4, -0.2) is 46.3 Å². The monoisotopic (exact) mass is 671 g/mol. The molecule has 1 N–H and O–H groups in total. The minimum absolute atomic E-state index is 0.0130. The number of fused-ring (bicyclic) bond motifs is 1. The van der Waals surface area contributed by atoms with E-state index in [0.29, 0.717) is 52.4 Å². The minimum atomic E-state index is -0.980. The number of amides is 1. The summed E-state index contributed by atoms with van der Waals surface area (Å²) in [5.41, 5.74) is 3.03. The van der Waals surface area contributed by atoms with Crippen LogP contribution in [0.2, 0.25) is 0 Å². The maximum absolute atomic E-state index is 13.8. The molecule has 9 nitrogen and oxygen atoms in total. The third-order valence-corrected chi connectivity index (χ3v) is 10.1. The van der Waals surface area contributed by atoms with E-state index >= 15 is 0 Å². The number of hydrogen-bond donors (Lipinski definition) is 1. The number of nitrogens with zero attached hydrogens (tertiary/aromatic N) is 3. The lowest BCUT2D eigenvalue weighted by Crippen LogP contribution is -2.29. The van der Waals surface area contributed by atoms with E-state index in [0.717, 1.165) is 36.1 Å². The van der Waals surface area contributed by atoms with Crippen LogP contribution in [0, 0.1) is 0 Å². The van der Waals surface area contributed by atoms with Gasteiger partial charge in [0.05, 0.1) is 24.8 Å². The van der Waals surface area contributed by atoms with Crippen molar-refractivity contribution in [2.45, 2.75) is 68.7 Å². The summed E-state index contributed by atoms with van der Waals surface area (Å²) >= 11 is 2.73. The molecule has 2 aliphatic rings. The van der Waals surface area contributed by atoms with E-state index in [-0.39, 0.29) is 22.6 Å². The Morgan fingerprint density at radius 2 is 1.85 bits per heavy atom. The van der Waals surface area contributed by atoms with Gasteiger partial charge in [0.1, 0.15) is 17.6 Å². The Labute approximate surface area is 282 Å². The predicted octanol–water partition coefficient (Wildman–Crippen LogP) is 7.75. The molecule has 244 valence electrons. The number of hydrogen-bond acceptors (Lipinski definition) is 10. The van der Waals surface area contributed by atoms with Gasteiger partial charge in [-0.15, -0.1) is 10.2 Å². The molecule has 0 bridgehead atoms. The number of benzene rings is 3. The average molecular weight is 672 g/mol. The van der Waals surface area contributed by atoms with Gasteiger partial charge in [0.15, 0.2) is 15.8 Å². The van der Waals surface area contributed by atoms with E-state index in [9.17, 15) is 14.7 Å². The molecule has 0 unspecified atom stereocenters. The van der Waals surface area contributed by atoms with Gasteiger partial charge in [0.2, 0.25) is 5.13 Å². The number of thioether (sulfide) groups is 1. The summed E-state index contributed by atoms with van der Waals surface area (Å²) in [6.07, 6.45) is 3.74. The molecule has 1 amide bonds. The van der Waals surface area contributed by atoms with Crippen molar-refractivity contribution in [1.82, 2.24) is 10.2 Å². The summed E-state index contributed by atoms with van der Waals surface area (Å²) in [4.78, 5) is 29.0. The van der Waals surface area contributed by atoms with Crippen molar-refractivity contribution in [3.8, 4) is 17.2 Å². The molecule has 11 heteroatoms. The van der Waals surface area contributed by atoms with E-state index in [1.54, 1.807) is 30.3 Å². The maximum atomic E-state index is 13.8. The molecule has 3 heterocycles. The van der Waals surface area contributed by atoms with Gasteiger partial charge in [-0.3, -0.25) is 14.5 Å². The van der Waals surface area contributed by atoms with Crippen LogP contribution in [0.25, 0.3) is 5.76 Å². The Hall–Kier alpha value is -4.35. The first-order chi connectivity index (χ1) is 22.9. The highest BCUT2D eigenvalue weighted by atomic mass is 32.2. The smallest absolute Gasteiger partial charge is 0.301 e. The van der Waals surface area contributed by atoms with Gasteiger partial charge in [-0.2, -0.15) is 0 Å². The lowest BCUT2D eigenvalue weighted by Gasteiger charge is -2.23. The number of ether oxygens (including phenoxy) is 3. The number of ketones is 1. The first kappa shape index (κ1) is 32.6. The summed E-state index contributed by atoms with van der Waals surface area (Å²) in [6, 6.07) is 19.7. The SMILES string of the molecule is CCCCCOc1ccc([C@H]2/C(=C(\O)c3ccc4c(c3)C[C@@H](C)O4)C(=O)C(=O)N2c2nnc(SCc3ccccc3)s2)cc1OCC. The first-order valence-electron chi connectivity index (χ1n) is 15.9. The minimum Gasteiger partial charge on any atom is -0.507 e. The van der Waals surface area contributed by atoms with Crippen LogP contribution in [0.4, 0.5) is 5.13 Å². The number of aliphatic hydroxyl groups excluding tert-OH is 1. The van der Waals surface area contributed by atoms with Crippen molar-refractivity contribution < 1.29 is 28.9 Å². The fourth-order valence-electron chi connectivity index (χ4n) is 5.76. The van der Waals surface area contributed by atoms with Crippen molar-refractivity contribution in [3.63, 3.8) is 0 Å². The molecule has 2 aliphatic heterocycles. The molecule has 0 spiro atoms. The number of carbonyl (C=O) groups is 2. The summed E-state index contributed by atoms with van der Waals surface area (Å²) in [5.74, 6) is 0.637. The Morgan fingerprint density at radius 1 is 1.02 bits per heavy atom. The van der Waals surface area contributed by atoms with Crippen molar-refractivity contribution in [2.24, 2.45) is 0 Å². The van der Waals surface area contributed by atoms with Gasteiger partial charge in [-0.1, -0.05) is 79.3 Å². The Balaban J connectivity index is 1.40. The molecule has 0 radical (unpaired) electrons. The van der Waals surface area contributed by atoms with E-state index in [4.69, 9.17) is 14.2 Å². The normalized spacial score (nSPS) is 18.3. The van der Waals surface area contributed by atoms with Crippen molar-refractivity contribution in [3.05, 3.63) is 94.6 Å². The number of aromatic nitrogens is 2. The van der Waals surface area contributed by atoms with Crippen molar-refractivity contribution >= 4 is 45.7 Å². The Kier molecular flexibility index (Phi) is 10.1. The van der Waals surface area contributed by atoms with Gasteiger partial charge in [-0.25, -0.2) is 0 Å². The summed E-state index contributed by atoms with van der Waals surface area (Å²) < 4.78 is 18.5. The summed E-state index contributed by atoms with van der Waals surface area (Å²) in [5, 5.41) is 20.7. The largest absolute Gasteiger partial charge is 0.507 e. The van der Waals surface area contributed by atoms with Crippen LogP contribution in [0.1, 0.15) is 68.3 Å². The fourth-order valence-corrected chi connectivity index (χ4v) is 7.59. The zero-order valence-corrected chi connectivity index (χ0v) is 28.2. The number of aliphatic hydroxyl groups is 1. The molecular formula is C36H37N3O6S2. The summed E-state index contributed by atoms with van der Waals surface area (Å²) in [7, 11) is 0. The molecule has 0 saturated carbocycles. The van der Waals surface area contributed by atoms with Gasteiger partial charge in [0.25, 0.3) is 5.78 Å². The summed E-state index contributed by atoms with van der Waals surface area (Å²) in [6.45, 7) is 6.93. The van der Waals surface area contributed by atoms with E-state index in [1.807, 2.05) is 50.2 Å². The van der Waals surface area contributed by atoms with Crippen LogP contribution < -0.4 is 19.1 Å². The predicted molar refractivity (Wildman–Crippen MR) is 184 cm³/mol. The second-order valence-corrected chi connectivity index (χ2v) is 13.6. The highest BCUT2D eigenvalue weighted by molar-refractivity contribution is 8.00. The second kappa shape index (κ2) is 14.6. The quantitative estimate of drug-likeness (QED) is 0.0381. The number of Topliss-reactive ketones (excluding diaryl/α,β-unsaturated/α-hetero) is 1. The highest BCUT2D eigenvalue weighted by Crippen LogP contribution is 2.46. The number of rotatable bonds is 13. The molecular weight excluding hydrogens is 635 g/mol. The lowest BCUT2D eigenvalue weighted by molar-refractivity contribution is -0.132.